The molecule has 1 heterocycles. The number of halogens is 1. The summed E-state index contributed by atoms with van der Waals surface area (Å²) in [6.45, 7) is 5.81. The van der Waals surface area contributed by atoms with Gasteiger partial charge < -0.3 is 9.88 Å². The van der Waals surface area contributed by atoms with Crippen LogP contribution in [0.2, 0.25) is 0 Å². The number of benzene rings is 1. The van der Waals surface area contributed by atoms with Crippen LogP contribution in [0.5, 0.6) is 0 Å². The van der Waals surface area contributed by atoms with Crippen LogP contribution in [0.3, 0.4) is 0 Å². The summed E-state index contributed by atoms with van der Waals surface area (Å²) in [7, 11) is 0. The molecule has 18 heavy (non-hydrogen) atoms. The molecule has 0 spiro atoms. The molecule has 1 atom stereocenters. The van der Waals surface area contributed by atoms with E-state index in [4.69, 9.17) is 0 Å². The topological polar surface area (TPSA) is 29.9 Å². The smallest absolute Gasteiger partial charge is 0.123 e. The van der Waals surface area contributed by atoms with Gasteiger partial charge in [-0.15, -0.1) is 0 Å². The normalized spacial score (nSPS) is 12.6. The molecule has 1 N–H and O–H groups in total. The van der Waals surface area contributed by atoms with Gasteiger partial charge in [-0.05, 0) is 31.5 Å². The predicted molar refractivity (Wildman–Crippen MR) is 69.8 cm³/mol. The Hall–Kier alpha value is -1.68. The zero-order valence-electron chi connectivity index (χ0n) is 10.7. The highest BCUT2D eigenvalue weighted by molar-refractivity contribution is 5.19. The molecule has 0 radical (unpaired) electrons. The van der Waals surface area contributed by atoms with Gasteiger partial charge in [0, 0.05) is 31.5 Å². The highest BCUT2D eigenvalue weighted by atomic mass is 19.1. The van der Waals surface area contributed by atoms with E-state index >= 15 is 0 Å². The number of imidazole rings is 1. The van der Waals surface area contributed by atoms with E-state index in [9.17, 15) is 4.39 Å². The van der Waals surface area contributed by atoms with Crippen molar-refractivity contribution in [2.24, 2.45) is 0 Å². The Morgan fingerprint density at radius 1 is 1.33 bits per heavy atom. The summed E-state index contributed by atoms with van der Waals surface area (Å²) in [5.74, 6) is 0.825. The Kier molecular flexibility index (Phi) is 4.10. The minimum atomic E-state index is -0.194. The first-order valence-corrected chi connectivity index (χ1v) is 6.13. The van der Waals surface area contributed by atoms with Gasteiger partial charge in [0.1, 0.15) is 11.6 Å². The molecular weight excluding hydrogens is 229 g/mol. The molecule has 0 aliphatic heterocycles. The van der Waals surface area contributed by atoms with Crippen LogP contribution in [0.4, 0.5) is 4.39 Å². The quantitative estimate of drug-likeness (QED) is 0.880. The Bertz CT molecular complexity index is 490. The third kappa shape index (κ3) is 3.17. The monoisotopic (exact) mass is 247 g/mol. The van der Waals surface area contributed by atoms with Crippen LogP contribution < -0.4 is 5.32 Å². The fourth-order valence-corrected chi connectivity index (χ4v) is 1.91. The standard InChI is InChI=1S/C14H18FN3/c1-11(13-3-5-14(15)6-4-13)16-7-9-18-10-8-17-12(18)2/h3-6,8,10-11,16H,7,9H2,1-2H3. The van der Waals surface area contributed by atoms with Gasteiger partial charge in [-0.3, -0.25) is 0 Å². The Labute approximate surface area is 107 Å². The van der Waals surface area contributed by atoms with Crippen molar-refractivity contribution in [1.29, 1.82) is 0 Å². The molecule has 1 aromatic heterocycles. The molecule has 0 aliphatic rings. The van der Waals surface area contributed by atoms with Crippen LogP contribution in [-0.4, -0.2) is 16.1 Å². The lowest BCUT2D eigenvalue weighted by Gasteiger charge is -2.14. The van der Waals surface area contributed by atoms with Gasteiger partial charge in [-0.25, -0.2) is 9.37 Å². The number of aromatic nitrogens is 2. The largest absolute Gasteiger partial charge is 0.334 e. The summed E-state index contributed by atoms with van der Waals surface area (Å²) < 4.78 is 14.9. The average molecular weight is 247 g/mol. The number of rotatable bonds is 5. The van der Waals surface area contributed by atoms with Crippen molar-refractivity contribution in [2.45, 2.75) is 26.4 Å². The summed E-state index contributed by atoms with van der Waals surface area (Å²) in [5, 5.41) is 3.41. The lowest BCUT2D eigenvalue weighted by Crippen LogP contribution is -2.23. The third-order valence-corrected chi connectivity index (χ3v) is 3.10. The van der Waals surface area contributed by atoms with Crippen molar-refractivity contribution in [3.8, 4) is 0 Å². The van der Waals surface area contributed by atoms with E-state index in [-0.39, 0.29) is 11.9 Å². The molecule has 96 valence electrons. The fraction of sp³-hybridized carbons (Fsp3) is 0.357. The van der Waals surface area contributed by atoms with Crippen molar-refractivity contribution in [3.63, 3.8) is 0 Å². The lowest BCUT2D eigenvalue weighted by molar-refractivity contribution is 0.525. The van der Waals surface area contributed by atoms with Gasteiger partial charge in [0.15, 0.2) is 0 Å². The molecule has 1 aromatic carbocycles. The van der Waals surface area contributed by atoms with Gasteiger partial charge in [0.25, 0.3) is 0 Å². The van der Waals surface area contributed by atoms with Gasteiger partial charge in [0.2, 0.25) is 0 Å². The zero-order valence-corrected chi connectivity index (χ0v) is 10.7. The first kappa shape index (κ1) is 12.8. The Balaban J connectivity index is 1.83. The van der Waals surface area contributed by atoms with E-state index in [1.165, 1.54) is 12.1 Å². The third-order valence-electron chi connectivity index (χ3n) is 3.10. The highest BCUT2D eigenvalue weighted by Gasteiger charge is 2.04. The van der Waals surface area contributed by atoms with Crippen LogP contribution in [-0.2, 0) is 6.54 Å². The summed E-state index contributed by atoms with van der Waals surface area (Å²) in [4.78, 5) is 4.18. The molecule has 4 heteroatoms. The lowest BCUT2D eigenvalue weighted by atomic mass is 10.1. The first-order valence-electron chi connectivity index (χ1n) is 6.13. The van der Waals surface area contributed by atoms with Crippen molar-refractivity contribution in [3.05, 3.63) is 53.9 Å². The maximum absolute atomic E-state index is 12.8. The van der Waals surface area contributed by atoms with E-state index in [1.54, 1.807) is 6.20 Å². The second kappa shape index (κ2) is 5.78. The molecule has 0 amide bonds. The molecular formula is C14H18FN3. The molecule has 2 aromatic rings. The van der Waals surface area contributed by atoms with Crippen molar-refractivity contribution >= 4 is 0 Å². The summed E-state index contributed by atoms with van der Waals surface area (Å²) >= 11 is 0. The molecule has 0 saturated carbocycles. The van der Waals surface area contributed by atoms with Crippen LogP contribution in [0.1, 0.15) is 24.4 Å². The summed E-state index contributed by atoms with van der Waals surface area (Å²) in [5.41, 5.74) is 1.10. The minimum Gasteiger partial charge on any atom is -0.334 e. The second-order valence-corrected chi connectivity index (χ2v) is 4.40. The van der Waals surface area contributed by atoms with Crippen molar-refractivity contribution < 1.29 is 4.39 Å². The van der Waals surface area contributed by atoms with Crippen LogP contribution in [0.25, 0.3) is 0 Å². The summed E-state index contributed by atoms with van der Waals surface area (Å²) in [6.07, 6.45) is 3.78. The van der Waals surface area contributed by atoms with Gasteiger partial charge >= 0.3 is 0 Å². The SMILES string of the molecule is Cc1nccn1CCNC(C)c1ccc(F)cc1. The highest BCUT2D eigenvalue weighted by Crippen LogP contribution is 2.12. The number of hydrogen-bond donors (Lipinski definition) is 1. The maximum atomic E-state index is 12.8. The molecule has 0 aliphatic carbocycles. The molecule has 1 unspecified atom stereocenters. The molecule has 0 bridgehead atoms. The number of hydrogen-bond acceptors (Lipinski definition) is 2. The molecule has 3 nitrogen and oxygen atoms in total. The van der Waals surface area contributed by atoms with E-state index in [0.29, 0.717) is 0 Å². The van der Waals surface area contributed by atoms with Crippen molar-refractivity contribution in [2.75, 3.05) is 6.54 Å². The zero-order chi connectivity index (χ0) is 13.0. The van der Waals surface area contributed by atoms with Gasteiger partial charge in [-0.1, -0.05) is 12.1 Å². The van der Waals surface area contributed by atoms with Crippen LogP contribution in [0.15, 0.2) is 36.7 Å². The van der Waals surface area contributed by atoms with E-state index in [2.05, 4.69) is 21.8 Å². The molecule has 2 rings (SSSR count). The predicted octanol–water partition coefficient (Wildman–Crippen LogP) is 2.68. The van der Waals surface area contributed by atoms with Gasteiger partial charge in [0.05, 0.1) is 0 Å². The average Bonchev–Trinajstić information content (AvgIpc) is 2.76. The Morgan fingerprint density at radius 3 is 2.67 bits per heavy atom. The first-order chi connectivity index (χ1) is 8.66. The van der Waals surface area contributed by atoms with Crippen LogP contribution in [0, 0.1) is 12.7 Å². The molecule has 0 saturated heterocycles. The number of nitrogens with one attached hydrogen (secondary N) is 1. The minimum absolute atomic E-state index is 0.194. The molecule has 0 fully saturated rings. The van der Waals surface area contributed by atoms with Crippen LogP contribution >= 0.6 is 0 Å². The maximum Gasteiger partial charge on any atom is 0.123 e. The Morgan fingerprint density at radius 2 is 2.06 bits per heavy atom. The second-order valence-electron chi connectivity index (χ2n) is 4.40. The van der Waals surface area contributed by atoms with E-state index in [0.717, 1.165) is 24.5 Å². The summed E-state index contributed by atoms with van der Waals surface area (Å²) in [6, 6.07) is 6.83. The number of aryl methyl sites for hydroxylation is 1. The van der Waals surface area contributed by atoms with Gasteiger partial charge in [-0.2, -0.15) is 0 Å². The van der Waals surface area contributed by atoms with E-state index in [1.807, 2.05) is 25.3 Å². The fourth-order valence-electron chi connectivity index (χ4n) is 1.91. The van der Waals surface area contributed by atoms with E-state index < -0.39 is 0 Å². The number of nitrogens with zero attached hydrogens (tertiary/aromatic N) is 2. The van der Waals surface area contributed by atoms with Crippen molar-refractivity contribution in [1.82, 2.24) is 14.9 Å².